The number of hydrogen-bond acceptors (Lipinski definition) is 7. The average molecular weight is 377 g/mol. The van der Waals surface area contributed by atoms with Crippen molar-refractivity contribution < 1.29 is 0 Å². The summed E-state index contributed by atoms with van der Waals surface area (Å²) in [5, 5.41) is 10.9. The summed E-state index contributed by atoms with van der Waals surface area (Å²) in [6.07, 6.45) is 8.07. The molecule has 7 nitrogen and oxygen atoms in total. The van der Waals surface area contributed by atoms with E-state index in [1.54, 1.807) is 6.20 Å². The summed E-state index contributed by atoms with van der Waals surface area (Å²) in [4.78, 5) is 17.1. The van der Waals surface area contributed by atoms with Crippen molar-refractivity contribution in [1.82, 2.24) is 30.0 Å². The fourth-order valence-corrected chi connectivity index (χ4v) is 4.22. The molecule has 4 aromatic rings. The Morgan fingerprint density at radius 2 is 2.07 bits per heavy atom. The predicted molar refractivity (Wildman–Crippen MR) is 107 cm³/mol. The maximum absolute atomic E-state index is 4.69. The lowest BCUT2D eigenvalue weighted by Gasteiger charge is -2.14. The molecule has 0 unspecified atom stereocenters. The molecule has 1 fully saturated rings. The molecule has 0 radical (unpaired) electrons. The number of nitrogens with one attached hydrogen (secondary N) is 2. The molecule has 27 heavy (non-hydrogen) atoms. The second-order valence-corrected chi connectivity index (χ2v) is 7.66. The van der Waals surface area contributed by atoms with Crippen molar-refractivity contribution in [2.75, 3.05) is 18.4 Å². The molecule has 0 aliphatic carbocycles. The molecular formula is C19H19N7S. The monoisotopic (exact) mass is 377 g/mol. The topological polar surface area (TPSA) is 82.6 Å². The first-order valence-corrected chi connectivity index (χ1v) is 9.86. The molecule has 1 saturated heterocycles. The van der Waals surface area contributed by atoms with E-state index < -0.39 is 0 Å². The summed E-state index contributed by atoms with van der Waals surface area (Å²) in [5.74, 6) is 0.820. The summed E-state index contributed by atoms with van der Waals surface area (Å²) in [7, 11) is 0. The van der Waals surface area contributed by atoms with E-state index in [2.05, 4.69) is 42.5 Å². The van der Waals surface area contributed by atoms with Gasteiger partial charge in [-0.15, -0.1) is 0 Å². The molecule has 0 saturated carbocycles. The van der Waals surface area contributed by atoms with E-state index in [0.717, 1.165) is 39.1 Å². The minimum Gasteiger partial charge on any atom is -0.316 e. The van der Waals surface area contributed by atoms with E-state index in [1.807, 2.05) is 24.5 Å². The smallest absolute Gasteiger partial charge is 0.190 e. The fraction of sp³-hybridized carbons (Fsp3) is 0.263. The second kappa shape index (κ2) is 7.05. The number of nitrogens with zero attached hydrogens (tertiary/aromatic N) is 5. The molecule has 0 atom stereocenters. The van der Waals surface area contributed by atoms with Crippen LogP contribution in [0.3, 0.4) is 0 Å². The number of aromatic nitrogens is 5. The highest BCUT2D eigenvalue weighted by molar-refractivity contribution is 7.21. The average Bonchev–Trinajstić information content (AvgIpc) is 3.43. The number of likely N-dealkylation sites (tertiary alicyclic amines) is 1. The molecule has 1 aliphatic rings. The zero-order valence-electron chi connectivity index (χ0n) is 14.7. The molecule has 2 N–H and O–H groups in total. The molecule has 8 heteroatoms. The normalized spacial score (nSPS) is 14.8. The van der Waals surface area contributed by atoms with Crippen LogP contribution in [-0.4, -0.2) is 43.1 Å². The Hall–Kier alpha value is -2.84. The summed E-state index contributed by atoms with van der Waals surface area (Å²) in [6.45, 7) is 3.36. The van der Waals surface area contributed by atoms with Gasteiger partial charge in [-0.05, 0) is 55.8 Å². The summed E-state index contributed by atoms with van der Waals surface area (Å²) < 4.78 is 0. The molecule has 0 spiro atoms. The molecule has 4 aromatic heterocycles. The molecule has 0 amide bonds. The van der Waals surface area contributed by atoms with Gasteiger partial charge in [-0.25, -0.2) is 15.0 Å². The van der Waals surface area contributed by atoms with Gasteiger partial charge in [0.1, 0.15) is 16.2 Å². The van der Waals surface area contributed by atoms with Crippen LogP contribution in [0.5, 0.6) is 0 Å². The molecule has 5 heterocycles. The van der Waals surface area contributed by atoms with Crippen LogP contribution in [0.1, 0.15) is 18.4 Å². The highest BCUT2D eigenvalue weighted by atomic mass is 32.1. The lowest BCUT2D eigenvalue weighted by atomic mass is 10.2. The first-order valence-electron chi connectivity index (χ1n) is 9.04. The van der Waals surface area contributed by atoms with Gasteiger partial charge in [0.05, 0.1) is 11.9 Å². The zero-order valence-corrected chi connectivity index (χ0v) is 15.5. The van der Waals surface area contributed by atoms with E-state index in [-0.39, 0.29) is 0 Å². The number of thiazole rings is 1. The second-order valence-electron chi connectivity index (χ2n) is 6.68. The highest BCUT2D eigenvalue weighted by Gasteiger charge is 2.13. The van der Waals surface area contributed by atoms with Gasteiger partial charge in [0.2, 0.25) is 0 Å². The van der Waals surface area contributed by atoms with Crippen LogP contribution in [0, 0.1) is 0 Å². The van der Waals surface area contributed by atoms with Gasteiger partial charge in [0.15, 0.2) is 5.13 Å². The first kappa shape index (κ1) is 16.3. The van der Waals surface area contributed by atoms with Crippen LogP contribution >= 0.6 is 11.3 Å². The van der Waals surface area contributed by atoms with Crippen molar-refractivity contribution >= 4 is 32.6 Å². The predicted octanol–water partition coefficient (Wildman–Crippen LogP) is 3.82. The number of anilines is 2. The number of hydrogen-bond donors (Lipinski definition) is 2. The largest absolute Gasteiger partial charge is 0.316 e. The van der Waals surface area contributed by atoms with Crippen molar-refractivity contribution in [2.24, 2.45) is 0 Å². The number of fused-ring (bicyclic) bond motifs is 1. The lowest BCUT2D eigenvalue weighted by Crippen LogP contribution is -2.18. The SMILES string of the molecule is c1cc(CN2CCCC2)cc(Nc2nc3ccc(-c4cn[nH]c4)nc3s2)n1. The Bertz CT molecular complexity index is 1050. The Labute approximate surface area is 160 Å². The highest BCUT2D eigenvalue weighted by Crippen LogP contribution is 2.29. The molecular weight excluding hydrogens is 358 g/mol. The van der Waals surface area contributed by atoms with Crippen molar-refractivity contribution in [3.05, 3.63) is 48.4 Å². The van der Waals surface area contributed by atoms with Crippen molar-refractivity contribution in [1.29, 1.82) is 0 Å². The van der Waals surface area contributed by atoms with E-state index in [1.165, 1.54) is 42.8 Å². The van der Waals surface area contributed by atoms with Crippen molar-refractivity contribution in [2.45, 2.75) is 19.4 Å². The third kappa shape index (κ3) is 3.54. The van der Waals surface area contributed by atoms with Crippen LogP contribution in [0.15, 0.2) is 42.9 Å². The van der Waals surface area contributed by atoms with Crippen LogP contribution in [-0.2, 0) is 6.54 Å². The Morgan fingerprint density at radius 3 is 2.93 bits per heavy atom. The van der Waals surface area contributed by atoms with E-state index in [9.17, 15) is 0 Å². The van der Waals surface area contributed by atoms with Crippen molar-refractivity contribution in [3.8, 4) is 11.3 Å². The van der Waals surface area contributed by atoms with E-state index in [0.29, 0.717) is 0 Å². The Kier molecular flexibility index (Phi) is 4.27. The number of H-pyrrole nitrogens is 1. The van der Waals surface area contributed by atoms with E-state index >= 15 is 0 Å². The van der Waals surface area contributed by atoms with Gasteiger partial charge in [0, 0.05) is 24.5 Å². The zero-order chi connectivity index (χ0) is 18.1. The molecule has 1 aliphatic heterocycles. The maximum Gasteiger partial charge on any atom is 0.190 e. The lowest BCUT2D eigenvalue weighted by molar-refractivity contribution is 0.331. The van der Waals surface area contributed by atoms with Gasteiger partial charge in [0.25, 0.3) is 0 Å². The summed E-state index contributed by atoms with van der Waals surface area (Å²) in [5.41, 5.74) is 4.01. The maximum atomic E-state index is 4.69. The Balaban J connectivity index is 1.36. The molecule has 136 valence electrons. The van der Waals surface area contributed by atoms with Crippen LogP contribution in [0.2, 0.25) is 0 Å². The van der Waals surface area contributed by atoms with E-state index in [4.69, 9.17) is 4.98 Å². The molecule has 0 aromatic carbocycles. The first-order chi connectivity index (χ1) is 13.3. The van der Waals surface area contributed by atoms with Gasteiger partial charge in [-0.2, -0.15) is 5.10 Å². The number of rotatable bonds is 5. The summed E-state index contributed by atoms with van der Waals surface area (Å²) >= 11 is 1.53. The molecule has 5 rings (SSSR count). The minimum absolute atomic E-state index is 0.799. The third-order valence-electron chi connectivity index (χ3n) is 4.71. The van der Waals surface area contributed by atoms with Crippen LogP contribution in [0.25, 0.3) is 21.6 Å². The van der Waals surface area contributed by atoms with Gasteiger partial charge in [-0.3, -0.25) is 10.00 Å². The minimum atomic E-state index is 0.799. The van der Waals surface area contributed by atoms with Gasteiger partial charge in [-0.1, -0.05) is 11.3 Å². The van der Waals surface area contributed by atoms with Crippen LogP contribution in [0.4, 0.5) is 10.9 Å². The Morgan fingerprint density at radius 1 is 1.15 bits per heavy atom. The summed E-state index contributed by atoms with van der Waals surface area (Å²) in [6, 6.07) is 8.14. The van der Waals surface area contributed by atoms with Gasteiger partial charge >= 0.3 is 0 Å². The molecule has 0 bridgehead atoms. The number of pyridine rings is 2. The van der Waals surface area contributed by atoms with Crippen LogP contribution < -0.4 is 5.32 Å². The quantitative estimate of drug-likeness (QED) is 0.550. The van der Waals surface area contributed by atoms with Gasteiger partial charge < -0.3 is 5.32 Å². The fourth-order valence-electron chi connectivity index (χ4n) is 3.37. The third-order valence-corrected chi connectivity index (χ3v) is 5.59. The number of aromatic amines is 1. The standard InChI is InChI=1S/C19H19N7S/c1-2-8-26(7-1)12-13-5-6-20-17(9-13)25-19-24-16-4-3-15(23-18(16)27-19)14-10-21-22-11-14/h3-6,9-11H,1-2,7-8,12H2,(H,21,22)(H,20,24,25). The van der Waals surface area contributed by atoms with Crippen molar-refractivity contribution in [3.63, 3.8) is 0 Å².